The maximum atomic E-state index is 13.0. The Morgan fingerprint density at radius 3 is 2.74 bits per heavy atom. The minimum absolute atomic E-state index is 0.00130. The zero-order valence-corrected chi connectivity index (χ0v) is 22.3. The predicted molar refractivity (Wildman–Crippen MR) is 134 cm³/mol. The number of hydrogen-bond acceptors (Lipinski definition) is 7. The van der Waals surface area contributed by atoms with Crippen molar-refractivity contribution in [2.45, 2.75) is 84.0 Å². The molecule has 1 amide bonds. The van der Waals surface area contributed by atoms with Crippen molar-refractivity contribution in [1.82, 2.24) is 30.0 Å². The van der Waals surface area contributed by atoms with Crippen LogP contribution < -0.4 is 5.32 Å². The van der Waals surface area contributed by atoms with Crippen molar-refractivity contribution in [2.75, 3.05) is 13.7 Å². The van der Waals surface area contributed by atoms with E-state index in [0.717, 1.165) is 37.4 Å². The molecule has 34 heavy (non-hydrogen) atoms. The van der Waals surface area contributed by atoms with Gasteiger partial charge in [0.25, 0.3) is 5.91 Å². The van der Waals surface area contributed by atoms with Gasteiger partial charge in [-0.3, -0.25) is 15.0 Å². The largest absolute Gasteiger partial charge is 0.361 e. The molecule has 1 aliphatic heterocycles. The second kappa shape index (κ2) is 9.77. The van der Waals surface area contributed by atoms with E-state index in [2.05, 4.69) is 25.0 Å². The van der Waals surface area contributed by atoms with E-state index in [0.29, 0.717) is 35.8 Å². The first-order valence-corrected chi connectivity index (χ1v) is 16.0. The number of carbonyl (C=O) groups excluding carboxylic acids is 1. The number of rotatable bonds is 8. The van der Waals surface area contributed by atoms with E-state index in [4.69, 9.17) is 14.7 Å². The summed E-state index contributed by atoms with van der Waals surface area (Å²) in [5.74, 6) is -0.186. The number of allylic oxidation sites excluding steroid dienone is 1. The number of aromatic nitrogens is 3. The highest BCUT2D eigenvalue weighted by molar-refractivity contribution is 6.76. The lowest BCUT2D eigenvalue weighted by molar-refractivity contribution is -0.229. The number of ether oxygens (including phenoxy) is 1. The molecule has 1 atom stereocenters. The molecule has 0 spiro atoms. The molecule has 0 saturated heterocycles. The van der Waals surface area contributed by atoms with Gasteiger partial charge in [-0.1, -0.05) is 24.8 Å². The molecular weight excluding hydrogens is 448 g/mol. The summed E-state index contributed by atoms with van der Waals surface area (Å²) in [5.41, 5.74) is 4.61. The van der Waals surface area contributed by atoms with E-state index in [9.17, 15) is 10.0 Å². The Balaban J connectivity index is 1.69. The third-order valence-corrected chi connectivity index (χ3v) is 8.20. The summed E-state index contributed by atoms with van der Waals surface area (Å²) in [7, 11) is 0.685. The van der Waals surface area contributed by atoms with Gasteiger partial charge >= 0.3 is 0 Å². The number of fused-ring (bicyclic) bond motifs is 1. The molecule has 10 heteroatoms. The highest BCUT2D eigenvalue weighted by atomic mass is 28.3. The summed E-state index contributed by atoms with van der Waals surface area (Å²) in [6.45, 7) is 11.8. The van der Waals surface area contributed by atoms with Crippen molar-refractivity contribution in [1.29, 1.82) is 0 Å². The second-order valence-corrected chi connectivity index (χ2v) is 16.5. The van der Waals surface area contributed by atoms with Gasteiger partial charge in [-0.2, -0.15) is 0 Å². The average molecular weight is 487 g/mol. The van der Waals surface area contributed by atoms with Crippen LogP contribution in [0.1, 0.15) is 61.6 Å². The number of hydroxylamine groups is 1. The topological polar surface area (TPSA) is 95.8 Å². The number of hydrazine groups is 1. The lowest BCUT2D eigenvalue weighted by Gasteiger charge is -2.26. The molecular formula is C24H38N6O3Si. The molecule has 2 N–H and O–H groups in total. The zero-order valence-electron chi connectivity index (χ0n) is 21.3. The first-order valence-electron chi connectivity index (χ1n) is 12.2. The first-order chi connectivity index (χ1) is 16.1. The number of amides is 1. The van der Waals surface area contributed by atoms with Gasteiger partial charge in [0.15, 0.2) is 5.65 Å². The molecule has 186 valence electrons. The molecule has 1 unspecified atom stereocenters. The van der Waals surface area contributed by atoms with E-state index in [1.54, 1.807) is 12.4 Å². The van der Waals surface area contributed by atoms with E-state index in [-0.39, 0.29) is 18.0 Å². The molecule has 0 radical (unpaired) electrons. The predicted octanol–water partition coefficient (Wildman–Crippen LogP) is 4.30. The lowest BCUT2D eigenvalue weighted by Crippen LogP contribution is -2.33. The molecule has 2 aliphatic rings. The van der Waals surface area contributed by atoms with Crippen molar-refractivity contribution in [3.63, 3.8) is 0 Å². The van der Waals surface area contributed by atoms with Crippen LogP contribution in [0, 0.1) is 0 Å². The smallest absolute Gasteiger partial charge is 0.255 e. The third-order valence-electron chi connectivity index (χ3n) is 6.49. The van der Waals surface area contributed by atoms with Gasteiger partial charge in [0.1, 0.15) is 18.3 Å². The van der Waals surface area contributed by atoms with Crippen LogP contribution in [0.15, 0.2) is 23.7 Å². The summed E-state index contributed by atoms with van der Waals surface area (Å²) in [4.78, 5) is 22.6. The SMILES string of the molecule is CC(C)NC(=O)c1cn(COCC[Si](C)(C)C)c2ncc(C3C4=C(CCCC4)N(C)N3O)nc12. The van der Waals surface area contributed by atoms with Crippen molar-refractivity contribution in [3.8, 4) is 0 Å². The highest BCUT2D eigenvalue weighted by Crippen LogP contribution is 2.44. The van der Waals surface area contributed by atoms with E-state index < -0.39 is 8.07 Å². The molecule has 0 fully saturated rings. The standard InChI is InChI=1S/C24H38N6O3Si/c1-16(2)26-24(31)18-14-29(15-33-11-12-34(4,5)6)23-21(18)27-19(13-25-23)22-17-9-7-8-10-20(17)28(3)30(22)32/h13-14,16,22,32H,7-12,15H2,1-6H3,(H,26,31). The third kappa shape index (κ3) is 5.05. The highest BCUT2D eigenvalue weighted by Gasteiger charge is 2.39. The molecule has 4 rings (SSSR count). The lowest BCUT2D eigenvalue weighted by atomic mass is 9.91. The molecule has 2 aromatic heterocycles. The van der Waals surface area contributed by atoms with Crippen LogP contribution in [0.4, 0.5) is 0 Å². The Kier molecular flexibility index (Phi) is 7.14. The molecule has 0 saturated carbocycles. The Labute approximate surface area is 202 Å². The second-order valence-electron chi connectivity index (χ2n) is 10.9. The number of carbonyl (C=O) groups is 1. The van der Waals surface area contributed by atoms with Gasteiger partial charge in [0.2, 0.25) is 0 Å². The van der Waals surface area contributed by atoms with Gasteiger partial charge < -0.3 is 14.6 Å². The van der Waals surface area contributed by atoms with Crippen molar-refractivity contribution in [2.24, 2.45) is 0 Å². The number of nitrogens with zero attached hydrogens (tertiary/aromatic N) is 5. The van der Waals surface area contributed by atoms with Crippen LogP contribution in [0.5, 0.6) is 0 Å². The van der Waals surface area contributed by atoms with E-state index in [1.807, 2.05) is 30.5 Å². The zero-order chi connectivity index (χ0) is 24.6. The van der Waals surface area contributed by atoms with Crippen LogP contribution in [0.2, 0.25) is 25.7 Å². The van der Waals surface area contributed by atoms with Crippen LogP contribution >= 0.6 is 0 Å². The molecule has 2 aromatic rings. The van der Waals surface area contributed by atoms with Crippen LogP contribution in [0.3, 0.4) is 0 Å². The Bertz CT molecular complexity index is 1090. The van der Waals surface area contributed by atoms with Crippen LogP contribution in [0.25, 0.3) is 11.2 Å². The maximum absolute atomic E-state index is 13.0. The number of nitrogens with one attached hydrogen (secondary N) is 1. The van der Waals surface area contributed by atoms with Crippen molar-refractivity contribution < 1.29 is 14.7 Å². The van der Waals surface area contributed by atoms with Gasteiger partial charge in [0.05, 0.1) is 17.5 Å². The fourth-order valence-electron chi connectivity index (χ4n) is 4.65. The summed E-state index contributed by atoms with van der Waals surface area (Å²) in [5, 5.41) is 16.9. The molecule has 0 bridgehead atoms. The number of hydrogen-bond donors (Lipinski definition) is 2. The van der Waals surface area contributed by atoms with E-state index >= 15 is 0 Å². The fraction of sp³-hybridized carbons (Fsp3) is 0.625. The minimum atomic E-state index is -1.19. The molecule has 9 nitrogen and oxygen atoms in total. The Morgan fingerprint density at radius 2 is 2.03 bits per heavy atom. The van der Waals surface area contributed by atoms with Gasteiger partial charge in [-0.05, 0) is 51.1 Å². The monoisotopic (exact) mass is 486 g/mol. The average Bonchev–Trinajstić information content (AvgIpc) is 3.25. The van der Waals surface area contributed by atoms with Gasteiger partial charge in [-0.15, -0.1) is 0 Å². The summed E-state index contributed by atoms with van der Waals surface area (Å²) in [6.07, 6.45) is 7.59. The Morgan fingerprint density at radius 1 is 1.29 bits per heavy atom. The molecule has 1 aliphatic carbocycles. The maximum Gasteiger partial charge on any atom is 0.255 e. The summed E-state index contributed by atoms with van der Waals surface area (Å²) < 4.78 is 7.80. The minimum Gasteiger partial charge on any atom is -0.361 e. The van der Waals surface area contributed by atoms with E-state index in [1.165, 1.54) is 10.7 Å². The van der Waals surface area contributed by atoms with Crippen LogP contribution in [-0.4, -0.2) is 63.6 Å². The fourth-order valence-corrected chi connectivity index (χ4v) is 5.41. The summed E-state index contributed by atoms with van der Waals surface area (Å²) in [6, 6.07) is 0.692. The quantitative estimate of drug-likeness (QED) is 0.424. The Hall–Kier alpha value is -2.27. The molecule has 3 heterocycles. The van der Waals surface area contributed by atoms with Crippen LogP contribution in [-0.2, 0) is 11.5 Å². The molecule has 0 aromatic carbocycles. The summed E-state index contributed by atoms with van der Waals surface area (Å²) >= 11 is 0. The van der Waals surface area contributed by atoms with Gasteiger partial charge in [-0.25, -0.2) is 9.97 Å². The van der Waals surface area contributed by atoms with Crippen molar-refractivity contribution in [3.05, 3.63) is 34.9 Å². The normalized spacial score (nSPS) is 19.4. The van der Waals surface area contributed by atoms with Crippen molar-refractivity contribution >= 4 is 25.1 Å². The first kappa shape index (κ1) is 24.8. The van der Waals surface area contributed by atoms with Gasteiger partial charge in [0, 0.05) is 39.7 Å².